The summed E-state index contributed by atoms with van der Waals surface area (Å²) in [6.07, 6.45) is 3.36. The van der Waals surface area contributed by atoms with E-state index in [1.807, 2.05) is 12.1 Å². The molecule has 0 aliphatic carbocycles. The molecule has 2 aliphatic heterocycles. The number of nitrogens with two attached hydrogens (primary N) is 1. The number of methoxy groups -OCH3 is 2. The summed E-state index contributed by atoms with van der Waals surface area (Å²) in [5.74, 6) is 1.79. The van der Waals surface area contributed by atoms with E-state index in [0.717, 1.165) is 61.9 Å². The zero-order chi connectivity index (χ0) is 29.8. The van der Waals surface area contributed by atoms with Gasteiger partial charge in [0.15, 0.2) is 11.0 Å². The Morgan fingerprint density at radius 1 is 1.05 bits per heavy atom. The number of hydrogen-bond acceptors (Lipinski definition) is 12. The smallest absolute Gasteiger partial charge is 0.226 e. The van der Waals surface area contributed by atoms with E-state index in [1.54, 1.807) is 20.4 Å². The molecule has 4 heterocycles. The second-order valence-electron chi connectivity index (χ2n) is 10.8. The molecule has 0 saturated carbocycles. The van der Waals surface area contributed by atoms with E-state index >= 15 is 0 Å². The fourth-order valence-corrected chi connectivity index (χ4v) is 5.78. The molecule has 0 radical (unpaired) electrons. The van der Waals surface area contributed by atoms with Gasteiger partial charge in [0.2, 0.25) is 5.95 Å². The Morgan fingerprint density at radius 3 is 2.55 bits per heavy atom. The van der Waals surface area contributed by atoms with E-state index in [1.165, 1.54) is 6.33 Å². The van der Waals surface area contributed by atoms with Gasteiger partial charge in [0.1, 0.15) is 17.8 Å². The van der Waals surface area contributed by atoms with Crippen LogP contribution in [0.5, 0.6) is 5.75 Å². The monoisotopic (exact) mass is 597 g/mol. The topological polar surface area (TPSA) is 127 Å². The third-order valence-corrected chi connectivity index (χ3v) is 8.02. The molecule has 0 unspecified atom stereocenters. The number of nitrogens with one attached hydrogen (secondary N) is 1. The Morgan fingerprint density at radius 2 is 1.83 bits per heavy atom. The Bertz CT molecular complexity index is 1370. The second kappa shape index (κ2) is 13.2. The highest BCUT2D eigenvalue weighted by molar-refractivity contribution is 6.32. The standard InChI is InChI=1S/C29H40ClN9O3/c1-18-14-38(9-8-37(18)10-11-40-4)24-13-25(41-5)21(12-23(24)35-28-26(31)27(30)33-17-34-28)22-6-7-32-29(36-22)39-15-19(2)42-20(3)16-39/h6-7,12-13,17-20H,8-11,14-16,31H2,1-5H3,(H,33,34,35)/t18-,19-,20+/m1/s1. The van der Waals surface area contributed by atoms with Crippen LogP contribution in [-0.2, 0) is 9.47 Å². The molecule has 5 rings (SSSR count). The van der Waals surface area contributed by atoms with Gasteiger partial charge in [-0.05, 0) is 32.9 Å². The quantitative estimate of drug-likeness (QED) is 0.349. The summed E-state index contributed by atoms with van der Waals surface area (Å²) in [7, 11) is 3.41. The van der Waals surface area contributed by atoms with Crippen molar-refractivity contribution < 1.29 is 14.2 Å². The number of nitrogen functional groups attached to an aromatic ring is 1. The molecule has 12 nitrogen and oxygen atoms in total. The fraction of sp³-hybridized carbons (Fsp3) is 0.517. The molecule has 0 amide bonds. The highest BCUT2D eigenvalue weighted by Crippen LogP contribution is 2.41. The lowest BCUT2D eigenvalue weighted by atomic mass is 10.1. The average molecular weight is 598 g/mol. The van der Waals surface area contributed by atoms with Gasteiger partial charge in [0.05, 0.1) is 43.0 Å². The van der Waals surface area contributed by atoms with Crippen molar-refractivity contribution >= 4 is 40.4 Å². The van der Waals surface area contributed by atoms with Gasteiger partial charge in [0, 0.05) is 70.2 Å². The summed E-state index contributed by atoms with van der Waals surface area (Å²) in [6, 6.07) is 6.30. The van der Waals surface area contributed by atoms with Gasteiger partial charge >= 0.3 is 0 Å². The molecule has 2 aromatic heterocycles. The van der Waals surface area contributed by atoms with Gasteiger partial charge in [-0.3, -0.25) is 4.90 Å². The van der Waals surface area contributed by atoms with Gasteiger partial charge in [0.25, 0.3) is 0 Å². The number of benzene rings is 1. The Balaban J connectivity index is 1.54. The van der Waals surface area contributed by atoms with Crippen LogP contribution in [0.2, 0.25) is 5.15 Å². The number of morpholine rings is 1. The van der Waals surface area contributed by atoms with Crippen molar-refractivity contribution in [2.45, 2.75) is 39.0 Å². The Hall–Kier alpha value is -3.45. The number of rotatable bonds is 9. The normalized spacial score (nSPS) is 21.4. The highest BCUT2D eigenvalue weighted by Gasteiger charge is 2.28. The predicted octanol–water partition coefficient (Wildman–Crippen LogP) is 3.69. The summed E-state index contributed by atoms with van der Waals surface area (Å²) in [5.41, 5.74) is 9.86. The molecular weight excluding hydrogens is 558 g/mol. The minimum Gasteiger partial charge on any atom is -0.496 e. The maximum Gasteiger partial charge on any atom is 0.226 e. The van der Waals surface area contributed by atoms with Crippen LogP contribution in [0.1, 0.15) is 20.8 Å². The number of ether oxygens (including phenoxy) is 3. The molecular formula is C29H40ClN9O3. The number of hydrogen-bond donors (Lipinski definition) is 2. The number of halogens is 1. The minimum atomic E-state index is 0.0909. The number of aromatic nitrogens is 4. The van der Waals surface area contributed by atoms with Crippen molar-refractivity contribution in [3.63, 3.8) is 0 Å². The van der Waals surface area contributed by atoms with Crippen LogP contribution < -0.4 is 25.6 Å². The van der Waals surface area contributed by atoms with E-state index in [2.05, 4.69) is 61.8 Å². The van der Waals surface area contributed by atoms with Crippen LogP contribution >= 0.6 is 11.6 Å². The molecule has 3 N–H and O–H groups in total. The summed E-state index contributed by atoms with van der Waals surface area (Å²) >= 11 is 6.24. The van der Waals surface area contributed by atoms with Gasteiger partial charge < -0.3 is 35.1 Å². The fourth-order valence-electron chi connectivity index (χ4n) is 5.65. The summed E-state index contributed by atoms with van der Waals surface area (Å²) in [4.78, 5) is 24.9. The van der Waals surface area contributed by atoms with Crippen LogP contribution in [0.15, 0.2) is 30.7 Å². The van der Waals surface area contributed by atoms with E-state index in [-0.39, 0.29) is 23.0 Å². The maximum absolute atomic E-state index is 6.26. The van der Waals surface area contributed by atoms with Crippen LogP contribution in [-0.4, -0.2) is 103 Å². The van der Waals surface area contributed by atoms with Crippen molar-refractivity contribution in [2.75, 3.05) is 80.9 Å². The first-order chi connectivity index (χ1) is 20.3. The molecule has 0 bridgehead atoms. The molecule has 13 heteroatoms. The third kappa shape index (κ3) is 6.62. The lowest BCUT2D eigenvalue weighted by molar-refractivity contribution is -0.00571. The van der Waals surface area contributed by atoms with Crippen LogP contribution in [0, 0.1) is 0 Å². The first-order valence-electron chi connectivity index (χ1n) is 14.2. The lowest BCUT2D eigenvalue weighted by Crippen LogP contribution is -2.52. The molecule has 0 spiro atoms. The zero-order valence-corrected chi connectivity index (χ0v) is 25.6. The average Bonchev–Trinajstić information content (AvgIpc) is 2.98. The van der Waals surface area contributed by atoms with Gasteiger partial charge in [-0.1, -0.05) is 11.6 Å². The number of nitrogens with zero attached hydrogens (tertiary/aromatic N) is 7. The van der Waals surface area contributed by atoms with Crippen LogP contribution in [0.3, 0.4) is 0 Å². The van der Waals surface area contributed by atoms with Crippen LogP contribution in [0.25, 0.3) is 11.3 Å². The maximum atomic E-state index is 6.26. The minimum absolute atomic E-state index is 0.0909. The Labute approximate surface area is 252 Å². The molecule has 42 heavy (non-hydrogen) atoms. The summed E-state index contributed by atoms with van der Waals surface area (Å²) < 4.78 is 17.2. The van der Waals surface area contributed by atoms with E-state index in [4.69, 9.17) is 36.5 Å². The first kappa shape index (κ1) is 30.0. The third-order valence-electron chi connectivity index (χ3n) is 7.72. The number of piperazine rings is 1. The first-order valence-corrected chi connectivity index (χ1v) is 14.6. The largest absolute Gasteiger partial charge is 0.496 e. The second-order valence-corrected chi connectivity index (χ2v) is 11.2. The zero-order valence-electron chi connectivity index (χ0n) is 24.9. The van der Waals surface area contributed by atoms with E-state index in [9.17, 15) is 0 Å². The van der Waals surface area contributed by atoms with Crippen molar-refractivity contribution in [3.8, 4) is 17.0 Å². The molecule has 2 saturated heterocycles. The molecule has 3 atom stereocenters. The SMILES string of the molecule is COCCN1CCN(c2cc(OC)c(-c3ccnc(N4C[C@@H](C)O[C@@H](C)C4)n3)cc2Nc2ncnc(Cl)c2N)C[C@H]1C. The van der Waals surface area contributed by atoms with Gasteiger partial charge in [-0.15, -0.1) is 0 Å². The molecule has 3 aromatic rings. The van der Waals surface area contributed by atoms with E-state index in [0.29, 0.717) is 30.2 Å². The number of anilines is 5. The van der Waals surface area contributed by atoms with Crippen molar-refractivity contribution in [2.24, 2.45) is 0 Å². The Kier molecular flexibility index (Phi) is 9.47. The molecule has 2 aliphatic rings. The molecule has 226 valence electrons. The van der Waals surface area contributed by atoms with Crippen molar-refractivity contribution in [1.29, 1.82) is 0 Å². The highest BCUT2D eigenvalue weighted by atomic mass is 35.5. The van der Waals surface area contributed by atoms with Crippen LogP contribution in [0.4, 0.5) is 28.8 Å². The molecule has 2 fully saturated rings. The summed E-state index contributed by atoms with van der Waals surface area (Å²) in [6.45, 7) is 12.0. The van der Waals surface area contributed by atoms with Crippen molar-refractivity contribution in [1.82, 2.24) is 24.8 Å². The van der Waals surface area contributed by atoms with Gasteiger partial charge in [-0.25, -0.2) is 19.9 Å². The van der Waals surface area contributed by atoms with Crippen molar-refractivity contribution in [3.05, 3.63) is 35.9 Å². The van der Waals surface area contributed by atoms with E-state index < -0.39 is 0 Å². The predicted molar refractivity (Wildman–Crippen MR) is 166 cm³/mol. The molecule has 1 aromatic carbocycles. The summed E-state index contributed by atoms with van der Waals surface area (Å²) in [5, 5.41) is 3.62. The van der Waals surface area contributed by atoms with Gasteiger partial charge in [-0.2, -0.15) is 0 Å². The lowest BCUT2D eigenvalue weighted by Gasteiger charge is -2.41.